The summed E-state index contributed by atoms with van der Waals surface area (Å²) in [5, 5.41) is 8.96. The highest BCUT2D eigenvalue weighted by Crippen LogP contribution is 2.26. The van der Waals surface area contributed by atoms with Gasteiger partial charge in [0, 0.05) is 6.04 Å². The van der Waals surface area contributed by atoms with Crippen molar-refractivity contribution in [1.82, 2.24) is 14.8 Å². The van der Waals surface area contributed by atoms with Gasteiger partial charge < -0.3 is 4.74 Å². The van der Waals surface area contributed by atoms with Crippen molar-refractivity contribution >= 4 is 29.5 Å². The summed E-state index contributed by atoms with van der Waals surface area (Å²) in [4.78, 5) is 12.3. The third-order valence-electron chi connectivity index (χ3n) is 2.58. The fourth-order valence-corrected chi connectivity index (χ4v) is 2.73. The van der Waals surface area contributed by atoms with E-state index in [1.54, 1.807) is 11.3 Å². The molecule has 0 fully saturated rings. The van der Waals surface area contributed by atoms with E-state index in [-0.39, 0.29) is 18.4 Å². The molecule has 0 aromatic carbocycles. The smallest absolute Gasteiger partial charge is 0.307 e. The molecule has 2 aromatic rings. The van der Waals surface area contributed by atoms with Crippen LogP contribution in [0.15, 0.2) is 17.5 Å². The standard InChI is InChI=1S/C11H13N3O2S2/c1-7(6-9(15)16-2)14-10(12-13-11(14)17)8-4-3-5-18-8/h3-5,7H,6H2,1-2H3,(H,13,17). The Balaban J connectivity index is 2.35. The fraction of sp³-hybridized carbons (Fsp3) is 0.364. The number of thiophene rings is 1. The molecule has 1 N–H and O–H groups in total. The number of H-pyrrole nitrogens is 1. The number of rotatable bonds is 4. The van der Waals surface area contributed by atoms with Crippen LogP contribution in [0.1, 0.15) is 19.4 Å². The fourth-order valence-electron chi connectivity index (χ4n) is 1.71. The molecule has 1 unspecified atom stereocenters. The summed E-state index contributed by atoms with van der Waals surface area (Å²) >= 11 is 6.79. The molecule has 1 atom stereocenters. The predicted molar refractivity (Wildman–Crippen MR) is 72.1 cm³/mol. The summed E-state index contributed by atoms with van der Waals surface area (Å²) in [6.07, 6.45) is 0.267. The lowest BCUT2D eigenvalue weighted by molar-refractivity contribution is -0.141. The zero-order valence-electron chi connectivity index (χ0n) is 10.0. The first-order chi connectivity index (χ1) is 8.63. The van der Waals surface area contributed by atoms with Crippen LogP contribution in [0.25, 0.3) is 10.7 Å². The van der Waals surface area contributed by atoms with Gasteiger partial charge in [0.15, 0.2) is 10.6 Å². The van der Waals surface area contributed by atoms with Crippen LogP contribution < -0.4 is 0 Å². The first-order valence-electron chi connectivity index (χ1n) is 5.41. The zero-order valence-corrected chi connectivity index (χ0v) is 11.7. The molecule has 0 aliphatic carbocycles. The van der Waals surface area contributed by atoms with Gasteiger partial charge in [-0.1, -0.05) is 6.07 Å². The van der Waals surface area contributed by atoms with E-state index in [1.165, 1.54) is 7.11 Å². The normalized spacial score (nSPS) is 12.3. The Kier molecular flexibility index (Phi) is 3.93. The molecule has 0 aliphatic heterocycles. The first-order valence-corrected chi connectivity index (χ1v) is 6.70. The van der Waals surface area contributed by atoms with E-state index in [4.69, 9.17) is 12.2 Å². The number of aromatic nitrogens is 3. The van der Waals surface area contributed by atoms with Crippen LogP contribution in [-0.2, 0) is 9.53 Å². The summed E-state index contributed by atoms with van der Waals surface area (Å²) in [7, 11) is 1.38. The van der Waals surface area contributed by atoms with Crippen molar-refractivity contribution in [3.8, 4) is 10.7 Å². The van der Waals surface area contributed by atoms with Crippen LogP contribution in [0, 0.1) is 4.77 Å². The van der Waals surface area contributed by atoms with Crippen LogP contribution in [0.3, 0.4) is 0 Å². The summed E-state index contributed by atoms with van der Waals surface area (Å²) < 4.78 is 7.03. The summed E-state index contributed by atoms with van der Waals surface area (Å²) in [5.41, 5.74) is 0. The highest BCUT2D eigenvalue weighted by Gasteiger charge is 2.18. The SMILES string of the molecule is COC(=O)CC(C)n1c(-c2cccs2)n[nH]c1=S. The number of hydrogen-bond acceptors (Lipinski definition) is 5. The van der Waals surface area contributed by atoms with Crippen molar-refractivity contribution in [2.75, 3.05) is 7.11 Å². The van der Waals surface area contributed by atoms with E-state index < -0.39 is 0 Å². The molecule has 0 amide bonds. The van der Waals surface area contributed by atoms with Gasteiger partial charge in [0.2, 0.25) is 0 Å². The molecule has 0 saturated carbocycles. The number of hydrogen-bond donors (Lipinski definition) is 1. The van der Waals surface area contributed by atoms with E-state index >= 15 is 0 Å². The van der Waals surface area contributed by atoms with Gasteiger partial charge in [-0.3, -0.25) is 14.5 Å². The number of aromatic amines is 1. The average molecular weight is 283 g/mol. The minimum Gasteiger partial charge on any atom is -0.469 e. The van der Waals surface area contributed by atoms with Gasteiger partial charge in [-0.2, -0.15) is 5.10 Å². The highest BCUT2D eigenvalue weighted by molar-refractivity contribution is 7.71. The maximum Gasteiger partial charge on any atom is 0.307 e. The quantitative estimate of drug-likeness (QED) is 0.692. The van der Waals surface area contributed by atoms with Gasteiger partial charge in [-0.05, 0) is 30.6 Å². The molecule has 5 nitrogen and oxygen atoms in total. The van der Waals surface area contributed by atoms with E-state index in [0.29, 0.717) is 4.77 Å². The van der Waals surface area contributed by atoms with E-state index in [9.17, 15) is 4.79 Å². The summed E-state index contributed by atoms with van der Waals surface area (Å²) in [6.45, 7) is 1.92. The lowest BCUT2D eigenvalue weighted by Crippen LogP contribution is -2.13. The van der Waals surface area contributed by atoms with Crippen LogP contribution in [0.5, 0.6) is 0 Å². The Morgan fingerprint density at radius 2 is 2.50 bits per heavy atom. The largest absolute Gasteiger partial charge is 0.469 e. The number of carbonyl (C=O) groups excluding carboxylic acids is 1. The molecule has 0 radical (unpaired) electrons. The number of esters is 1. The first kappa shape index (κ1) is 13.0. The van der Waals surface area contributed by atoms with Gasteiger partial charge in [-0.25, -0.2) is 0 Å². The lowest BCUT2D eigenvalue weighted by atomic mass is 10.2. The maximum absolute atomic E-state index is 11.3. The highest BCUT2D eigenvalue weighted by atomic mass is 32.1. The third-order valence-corrected chi connectivity index (χ3v) is 3.73. The maximum atomic E-state index is 11.3. The van der Waals surface area contributed by atoms with Crippen molar-refractivity contribution in [3.63, 3.8) is 0 Å². The van der Waals surface area contributed by atoms with Crippen molar-refractivity contribution in [2.24, 2.45) is 0 Å². The molecule has 96 valence electrons. The van der Waals surface area contributed by atoms with Gasteiger partial charge in [0.25, 0.3) is 0 Å². The Morgan fingerprint density at radius 3 is 3.11 bits per heavy atom. The molecule has 2 heterocycles. The minimum absolute atomic E-state index is 0.0965. The van der Waals surface area contributed by atoms with Gasteiger partial charge in [0.05, 0.1) is 18.4 Å². The molecular weight excluding hydrogens is 270 g/mol. The second-order valence-corrected chi connectivity index (χ2v) is 5.16. The van der Waals surface area contributed by atoms with Crippen LogP contribution >= 0.6 is 23.6 Å². The number of nitrogens with one attached hydrogen (secondary N) is 1. The number of ether oxygens (including phenoxy) is 1. The molecule has 2 rings (SSSR count). The lowest BCUT2D eigenvalue weighted by Gasteiger charge is -2.13. The van der Waals surface area contributed by atoms with Crippen molar-refractivity contribution in [1.29, 1.82) is 0 Å². The van der Waals surface area contributed by atoms with Crippen LogP contribution in [0.4, 0.5) is 0 Å². The Labute approximate surface area is 113 Å². The van der Waals surface area contributed by atoms with Crippen molar-refractivity contribution in [2.45, 2.75) is 19.4 Å². The second kappa shape index (κ2) is 5.45. The van der Waals surface area contributed by atoms with Gasteiger partial charge in [0.1, 0.15) is 0 Å². The third kappa shape index (κ3) is 2.51. The monoisotopic (exact) mass is 283 g/mol. The van der Waals surface area contributed by atoms with Crippen LogP contribution in [0.2, 0.25) is 0 Å². The molecular formula is C11H13N3O2S2. The summed E-state index contributed by atoms with van der Waals surface area (Å²) in [6, 6.07) is 3.82. The molecule has 0 saturated heterocycles. The Morgan fingerprint density at radius 1 is 1.72 bits per heavy atom. The molecule has 2 aromatic heterocycles. The van der Waals surface area contributed by atoms with Crippen LogP contribution in [-0.4, -0.2) is 27.8 Å². The Hall–Kier alpha value is -1.47. The van der Waals surface area contributed by atoms with E-state index in [2.05, 4.69) is 14.9 Å². The Bertz CT molecular complexity index is 586. The molecule has 0 spiro atoms. The molecule has 7 heteroatoms. The molecule has 18 heavy (non-hydrogen) atoms. The minimum atomic E-state index is -0.261. The van der Waals surface area contributed by atoms with Gasteiger partial charge in [-0.15, -0.1) is 11.3 Å². The second-order valence-electron chi connectivity index (χ2n) is 3.83. The zero-order chi connectivity index (χ0) is 13.1. The number of carbonyl (C=O) groups is 1. The topological polar surface area (TPSA) is 59.9 Å². The summed E-state index contributed by atoms with van der Waals surface area (Å²) in [5.74, 6) is 0.495. The van der Waals surface area contributed by atoms with E-state index in [1.807, 2.05) is 29.0 Å². The number of nitrogens with zero attached hydrogens (tertiary/aromatic N) is 2. The predicted octanol–water partition coefficient (Wildman–Crippen LogP) is 2.79. The van der Waals surface area contributed by atoms with Crippen molar-refractivity contribution < 1.29 is 9.53 Å². The molecule has 0 aliphatic rings. The van der Waals surface area contributed by atoms with E-state index in [0.717, 1.165) is 10.7 Å². The van der Waals surface area contributed by atoms with Crippen molar-refractivity contribution in [3.05, 3.63) is 22.3 Å². The molecule has 0 bridgehead atoms. The average Bonchev–Trinajstić information content (AvgIpc) is 2.97. The number of methoxy groups -OCH3 is 1. The van der Waals surface area contributed by atoms with Gasteiger partial charge >= 0.3 is 5.97 Å².